The van der Waals surface area contributed by atoms with E-state index in [2.05, 4.69) is 32.5 Å². The highest BCUT2D eigenvalue weighted by atomic mass is 16.6. The fourth-order valence-corrected chi connectivity index (χ4v) is 7.88. The molecule has 4 aromatic carbocycles. The van der Waals surface area contributed by atoms with Gasteiger partial charge in [-0.05, 0) is 123 Å². The van der Waals surface area contributed by atoms with E-state index >= 15 is 0 Å². The minimum Gasteiger partial charge on any atom is -0.497 e. The summed E-state index contributed by atoms with van der Waals surface area (Å²) in [6.45, 7) is 9.34. The van der Waals surface area contributed by atoms with E-state index in [1.165, 1.54) is 0 Å². The number of ether oxygens (including phenoxy) is 5. The number of nitrogens with one attached hydrogen (secondary N) is 2. The minimum atomic E-state index is -0.606. The third kappa shape index (κ3) is 14.3. The summed E-state index contributed by atoms with van der Waals surface area (Å²) in [6, 6.07) is 37.7. The lowest BCUT2D eigenvalue weighted by Crippen LogP contribution is -2.59. The minimum absolute atomic E-state index is 0.0486. The summed E-state index contributed by atoms with van der Waals surface area (Å²) in [4.78, 5) is 54.6. The van der Waals surface area contributed by atoms with Crippen molar-refractivity contribution in [2.45, 2.75) is 38.5 Å². The van der Waals surface area contributed by atoms with Crippen LogP contribution in [-0.4, -0.2) is 139 Å². The van der Waals surface area contributed by atoms with Gasteiger partial charge in [0.1, 0.15) is 41.8 Å². The van der Waals surface area contributed by atoms with Crippen LogP contribution in [0, 0.1) is 0 Å². The van der Waals surface area contributed by atoms with Crippen molar-refractivity contribution < 1.29 is 38.1 Å². The van der Waals surface area contributed by atoms with Crippen molar-refractivity contribution in [1.82, 2.24) is 29.6 Å². The maximum atomic E-state index is 13.3. The van der Waals surface area contributed by atoms with Gasteiger partial charge in [0.05, 0.1) is 38.7 Å². The van der Waals surface area contributed by atoms with Gasteiger partial charge in [0.15, 0.2) is 0 Å². The number of hydrogen-bond acceptors (Lipinski definition) is 11. The molecule has 70 heavy (non-hydrogen) atoms. The average molecular weight is 951 g/mol. The Morgan fingerprint density at radius 1 is 0.557 bits per heavy atom. The monoisotopic (exact) mass is 950 g/mol. The van der Waals surface area contributed by atoms with Crippen molar-refractivity contribution in [2.24, 2.45) is 0 Å². The van der Waals surface area contributed by atoms with Gasteiger partial charge in [-0.3, -0.25) is 9.97 Å². The van der Waals surface area contributed by atoms with Crippen LogP contribution in [0.3, 0.4) is 0 Å². The zero-order valence-electron chi connectivity index (χ0n) is 40.6. The Kier molecular flexibility index (Phi) is 17.1. The molecule has 2 fully saturated rings. The van der Waals surface area contributed by atoms with Crippen LogP contribution in [0.1, 0.15) is 20.8 Å². The van der Waals surface area contributed by atoms with Crippen LogP contribution in [-0.2, 0) is 4.74 Å². The maximum Gasteiger partial charge on any atom is 0.410 e. The predicted molar refractivity (Wildman–Crippen MR) is 271 cm³/mol. The van der Waals surface area contributed by atoms with E-state index in [4.69, 9.17) is 23.7 Å². The van der Waals surface area contributed by atoms with Crippen molar-refractivity contribution in [3.05, 3.63) is 146 Å². The number of rotatable bonds is 12. The first kappa shape index (κ1) is 50.0. The fraction of sp³-hybridized carbons (Fsp3) is 0.315. The van der Waals surface area contributed by atoms with E-state index in [9.17, 15) is 14.4 Å². The Bertz CT molecular complexity index is 2580. The third-order valence-corrected chi connectivity index (χ3v) is 11.6. The number of methoxy groups -OCH3 is 2. The van der Waals surface area contributed by atoms with Crippen LogP contribution < -0.4 is 29.6 Å². The van der Waals surface area contributed by atoms with Gasteiger partial charge in [0.2, 0.25) is 0 Å². The van der Waals surface area contributed by atoms with Gasteiger partial charge >= 0.3 is 18.2 Å². The SMILES string of the molecule is COc1ccc(-c2ccc(NC(=O)N3CCN(C(=O)OC(C)(C)C)CC3COc3cccnc3)cc2)cc1.COc1ccc(-c2ccc(NC(=O)N3CCN(C)CC3COc3cccnc3)cc2)cc1. The number of anilines is 2. The number of pyridine rings is 2. The standard InChI is InChI=1S/C29H34N4O5.C25H28N4O3/c1-29(2,3)38-28(35)32-16-17-33(24(19-32)20-37-26-6-5-15-30-18-26)27(34)31-23-11-7-21(8-12-23)22-9-13-25(36-4)14-10-22;1-28-14-15-29(22(17-28)18-32-24-4-3-13-26-16-24)25(30)27-21-9-5-19(6-10-21)20-7-11-23(31-2)12-8-20/h5-15,18,24H,16-17,19-20H2,1-4H3,(H,31,34);3-13,16,22H,14-15,17-18H2,1-2H3,(H,27,30). The van der Waals surface area contributed by atoms with Gasteiger partial charge in [-0.15, -0.1) is 0 Å². The number of nitrogens with zero attached hydrogens (tertiary/aromatic N) is 6. The summed E-state index contributed by atoms with van der Waals surface area (Å²) in [5, 5.41) is 6.02. The number of likely N-dealkylation sites (N-methyl/N-ethyl adjacent to an activating group) is 1. The lowest BCUT2D eigenvalue weighted by Gasteiger charge is -2.41. The highest BCUT2D eigenvalue weighted by Gasteiger charge is 2.35. The van der Waals surface area contributed by atoms with Crippen LogP contribution in [0.2, 0.25) is 0 Å². The maximum absolute atomic E-state index is 13.3. The molecular formula is C54H62N8O8. The lowest BCUT2D eigenvalue weighted by molar-refractivity contribution is 0.00538. The number of amides is 5. The summed E-state index contributed by atoms with van der Waals surface area (Å²) >= 11 is 0. The highest BCUT2D eigenvalue weighted by molar-refractivity contribution is 5.91. The normalized spacial score (nSPS) is 15.9. The second-order valence-electron chi connectivity index (χ2n) is 17.9. The first-order valence-corrected chi connectivity index (χ1v) is 23.2. The highest BCUT2D eigenvalue weighted by Crippen LogP contribution is 2.27. The van der Waals surface area contributed by atoms with E-state index in [1.807, 2.05) is 135 Å². The molecule has 16 nitrogen and oxygen atoms in total. The zero-order chi connectivity index (χ0) is 49.5. The fourth-order valence-electron chi connectivity index (χ4n) is 7.88. The average Bonchev–Trinajstić information content (AvgIpc) is 3.38. The molecule has 2 saturated heterocycles. The van der Waals surface area contributed by atoms with Crippen LogP contribution in [0.4, 0.5) is 25.8 Å². The Hall–Kier alpha value is -7.85. The quantitative estimate of drug-likeness (QED) is 0.120. The second-order valence-corrected chi connectivity index (χ2v) is 17.9. The van der Waals surface area contributed by atoms with Gasteiger partial charge in [-0.1, -0.05) is 48.5 Å². The van der Waals surface area contributed by atoms with Gasteiger partial charge < -0.3 is 53.9 Å². The number of carbonyl (C=O) groups excluding carboxylic acids is 3. The van der Waals surface area contributed by atoms with Crippen molar-refractivity contribution in [3.8, 4) is 45.3 Å². The van der Waals surface area contributed by atoms with Crippen LogP contribution >= 0.6 is 0 Å². The second kappa shape index (κ2) is 23.9. The van der Waals surface area contributed by atoms with Crippen molar-refractivity contribution in [3.63, 3.8) is 0 Å². The molecule has 366 valence electrons. The topological polar surface area (TPSA) is 160 Å². The summed E-state index contributed by atoms with van der Waals surface area (Å²) in [7, 11) is 5.35. The molecule has 0 saturated carbocycles. The molecule has 2 atom stereocenters. The molecular weight excluding hydrogens is 889 g/mol. The lowest BCUT2D eigenvalue weighted by atomic mass is 10.1. The van der Waals surface area contributed by atoms with Gasteiger partial charge in [-0.2, -0.15) is 0 Å². The van der Waals surface area contributed by atoms with E-state index in [-0.39, 0.29) is 30.8 Å². The summed E-state index contributed by atoms with van der Waals surface area (Å²) in [6.07, 6.45) is 6.26. The predicted octanol–water partition coefficient (Wildman–Crippen LogP) is 9.27. The van der Waals surface area contributed by atoms with Crippen molar-refractivity contribution in [1.29, 1.82) is 0 Å². The number of hydrogen-bond donors (Lipinski definition) is 2. The van der Waals surface area contributed by atoms with Crippen molar-refractivity contribution in [2.75, 3.05) is 84.4 Å². The summed E-state index contributed by atoms with van der Waals surface area (Å²) in [5.41, 5.74) is 5.08. The molecule has 8 rings (SSSR count). The van der Waals surface area contributed by atoms with Crippen LogP contribution in [0.25, 0.3) is 22.3 Å². The van der Waals surface area contributed by atoms with E-state index in [0.29, 0.717) is 50.0 Å². The summed E-state index contributed by atoms with van der Waals surface area (Å²) < 4.78 is 27.8. The molecule has 2 N–H and O–H groups in total. The van der Waals surface area contributed by atoms with E-state index in [1.54, 1.807) is 60.9 Å². The number of piperazine rings is 2. The Morgan fingerprint density at radius 2 is 0.971 bits per heavy atom. The molecule has 2 aliphatic rings. The Morgan fingerprint density at radius 3 is 1.37 bits per heavy atom. The van der Waals surface area contributed by atoms with Crippen LogP contribution in [0.15, 0.2) is 146 Å². The molecule has 2 aliphatic heterocycles. The van der Waals surface area contributed by atoms with Gasteiger partial charge in [0, 0.05) is 63.0 Å². The van der Waals surface area contributed by atoms with E-state index in [0.717, 1.165) is 52.5 Å². The first-order valence-electron chi connectivity index (χ1n) is 23.2. The molecule has 0 radical (unpaired) electrons. The number of urea groups is 2. The van der Waals surface area contributed by atoms with Crippen LogP contribution in [0.5, 0.6) is 23.0 Å². The molecule has 0 aliphatic carbocycles. The van der Waals surface area contributed by atoms with E-state index < -0.39 is 11.7 Å². The van der Waals surface area contributed by atoms with Gasteiger partial charge in [-0.25, -0.2) is 14.4 Å². The molecule has 5 amide bonds. The number of benzene rings is 4. The molecule has 6 aromatic rings. The Balaban J connectivity index is 0.000000209. The summed E-state index contributed by atoms with van der Waals surface area (Å²) in [5.74, 6) is 2.92. The van der Waals surface area contributed by atoms with Crippen molar-refractivity contribution >= 4 is 29.5 Å². The van der Waals surface area contributed by atoms with Gasteiger partial charge in [0.25, 0.3) is 0 Å². The zero-order valence-corrected chi connectivity index (χ0v) is 40.6. The number of carbonyl (C=O) groups is 3. The first-order chi connectivity index (χ1) is 33.8. The largest absolute Gasteiger partial charge is 0.497 e. The molecule has 2 aromatic heterocycles. The molecule has 0 bridgehead atoms. The number of aromatic nitrogens is 2. The third-order valence-electron chi connectivity index (χ3n) is 11.6. The molecule has 0 spiro atoms. The molecule has 2 unspecified atom stereocenters. The smallest absolute Gasteiger partial charge is 0.410 e. The molecule has 16 heteroatoms. The Labute approximate surface area is 410 Å². The molecule has 4 heterocycles.